The molecule has 1 aliphatic rings. The fourth-order valence-corrected chi connectivity index (χ4v) is 3.13. The van der Waals surface area contributed by atoms with Crippen molar-refractivity contribution in [1.82, 2.24) is 15.1 Å². The van der Waals surface area contributed by atoms with Crippen molar-refractivity contribution < 1.29 is 23.6 Å². The molecule has 0 spiro atoms. The third-order valence-electron chi connectivity index (χ3n) is 4.37. The Morgan fingerprint density at radius 2 is 2.14 bits per heavy atom. The highest BCUT2D eigenvalue weighted by Crippen LogP contribution is 2.35. The molecule has 29 heavy (non-hydrogen) atoms. The van der Waals surface area contributed by atoms with Gasteiger partial charge in [-0.3, -0.25) is 14.9 Å². The number of carbonyl (C=O) groups excluding carboxylic acids is 2. The molecule has 0 saturated heterocycles. The van der Waals surface area contributed by atoms with Crippen molar-refractivity contribution in [3.63, 3.8) is 0 Å². The zero-order chi connectivity index (χ0) is 20.6. The zero-order valence-electron chi connectivity index (χ0n) is 15.8. The summed E-state index contributed by atoms with van der Waals surface area (Å²) in [6.07, 6.45) is -0.729. The molecule has 0 fully saturated rings. The first-order valence-corrected chi connectivity index (χ1v) is 8.46. The van der Waals surface area contributed by atoms with E-state index in [1.807, 2.05) is 13.8 Å². The molecule has 1 amide bonds. The molecule has 2 aromatic rings. The van der Waals surface area contributed by atoms with Crippen LogP contribution in [0.3, 0.4) is 0 Å². The van der Waals surface area contributed by atoms with Crippen LogP contribution in [-0.2, 0) is 16.8 Å². The van der Waals surface area contributed by atoms with E-state index in [0.717, 1.165) is 22.9 Å². The molecule has 0 atom stereocenters. The predicted octanol–water partition coefficient (Wildman–Crippen LogP) is 2.95. The summed E-state index contributed by atoms with van der Waals surface area (Å²) < 4.78 is 20.1. The number of aromatic nitrogens is 2. The molecule has 2 heterocycles. The Hall–Kier alpha value is -3.05. The zero-order valence-corrected chi connectivity index (χ0v) is 16.6. The molecule has 1 aromatic carbocycles. The largest absolute Gasteiger partial charge is 0.448 e. The maximum absolute atomic E-state index is 14.1. The molecule has 0 saturated carbocycles. The highest BCUT2D eigenvalue weighted by atomic mass is 35.5. The molecule has 0 unspecified atom stereocenters. The molecule has 1 aliphatic heterocycles. The number of halogens is 2. The third-order valence-corrected chi connectivity index (χ3v) is 4.37. The van der Waals surface area contributed by atoms with Crippen LogP contribution in [0.25, 0.3) is 0 Å². The normalized spacial score (nSPS) is 13.9. The van der Waals surface area contributed by atoms with Gasteiger partial charge in [-0.05, 0) is 26.8 Å². The van der Waals surface area contributed by atoms with Crippen LogP contribution in [0.4, 0.5) is 20.7 Å². The van der Waals surface area contributed by atoms with Gasteiger partial charge in [0.15, 0.2) is 11.4 Å². The lowest BCUT2D eigenvalue weighted by Gasteiger charge is -2.20. The van der Waals surface area contributed by atoms with E-state index in [1.165, 1.54) is 0 Å². The third kappa shape index (κ3) is 3.91. The van der Waals surface area contributed by atoms with Gasteiger partial charge in [-0.1, -0.05) is 6.07 Å². The molecule has 10 nitrogen and oxygen atoms in total. The van der Waals surface area contributed by atoms with Crippen molar-refractivity contribution in [3.8, 4) is 0 Å². The number of nitro benzene ring substituents is 1. The molecule has 3 rings (SSSR count). The smallest absolute Gasteiger partial charge is 0.435 e. The number of hydrogen-bond donors (Lipinski definition) is 2. The summed E-state index contributed by atoms with van der Waals surface area (Å²) in [4.78, 5) is 35.1. The fourth-order valence-electron chi connectivity index (χ4n) is 3.13. The van der Waals surface area contributed by atoms with Crippen LogP contribution >= 0.6 is 12.4 Å². The Kier molecular flexibility index (Phi) is 6.24. The van der Waals surface area contributed by atoms with Crippen molar-refractivity contribution >= 4 is 35.9 Å². The Labute approximate surface area is 171 Å². The molecule has 2 N–H and O–H groups in total. The summed E-state index contributed by atoms with van der Waals surface area (Å²) in [7, 11) is 0. The van der Waals surface area contributed by atoms with Crippen molar-refractivity contribution in [2.45, 2.75) is 32.9 Å². The van der Waals surface area contributed by atoms with E-state index in [4.69, 9.17) is 4.74 Å². The van der Waals surface area contributed by atoms with E-state index in [2.05, 4.69) is 15.7 Å². The van der Waals surface area contributed by atoms with E-state index in [0.29, 0.717) is 11.3 Å². The summed E-state index contributed by atoms with van der Waals surface area (Å²) in [6.45, 7) is 5.71. The average molecular weight is 428 g/mol. The first-order valence-electron chi connectivity index (χ1n) is 8.46. The standard InChI is InChI=1S/C17H18FN5O5.ClH/c1-4-28-16(25)22-13-9(8-19-17(13,2)3)14(21-22)20-15(24)12-10(18)6-5-7-11(12)23(26)27;/h5-7,19H,4,8H2,1-3H3,(H,20,21,24);1H. The van der Waals surface area contributed by atoms with Gasteiger partial charge in [-0.15, -0.1) is 17.5 Å². The molecule has 0 aliphatic carbocycles. The molecular weight excluding hydrogens is 409 g/mol. The topological polar surface area (TPSA) is 128 Å². The Bertz CT molecular complexity index is 991. The second-order valence-electron chi connectivity index (χ2n) is 6.61. The minimum atomic E-state index is -1.04. The van der Waals surface area contributed by atoms with Gasteiger partial charge in [0.05, 0.1) is 22.8 Å². The maximum atomic E-state index is 14.1. The van der Waals surface area contributed by atoms with Gasteiger partial charge in [0, 0.05) is 18.2 Å². The summed E-state index contributed by atoms with van der Waals surface area (Å²) in [5.74, 6) is -2.07. The number of nitro groups is 1. The van der Waals surface area contributed by atoms with Crippen molar-refractivity contribution in [2.24, 2.45) is 0 Å². The van der Waals surface area contributed by atoms with Gasteiger partial charge in [-0.2, -0.15) is 4.68 Å². The summed E-state index contributed by atoms with van der Waals surface area (Å²) in [6, 6.07) is 3.13. The van der Waals surface area contributed by atoms with Crippen LogP contribution in [0.15, 0.2) is 18.2 Å². The van der Waals surface area contributed by atoms with E-state index in [-0.39, 0.29) is 31.4 Å². The number of carbonyl (C=O) groups is 2. The lowest BCUT2D eigenvalue weighted by Crippen LogP contribution is -2.34. The van der Waals surface area contributed by atoms with Crippen LogP contribution in [0.2, 0.25) is 0 Å². The number of fused-ring (bicyclic) bond motifs is 1. The quantitative estimate of drug-likeness (QED) is 0.566. The number of ether oxygens (including phenoxy) is 1. The van der Waals surface area contributed by atoms with E-state index in [9.17, 15) is 24.1 Å². The number of rotatable bonds is 4. The van der Waals surface area contributed by atoms with Crippen molar-refractivity contribution in [3.05, 3.63) is 51.0 Å². The highest BCUT2D eigenvalue weighted by molar-refractivity contribution is 6.07. The number of amides is 1. The van der Waals surface area contributed by atoms with Crippen molar-refractivity contribution in [1.29, 1.82) is 0 Å². The maximum Gasteiger partial charge on any atom is 0.435 e. The second kappa shape index (κ2) is 8.13. The van der Waals surface area contributed by atoms with Gasteiger partial charge in [-0.25, -0.2) is 9.18 Å². The second-order valence-corrected chi connectivity index (χ2v) is 6.61. The summed E-state index contributed by atoms with van der Waals surface area (Å²) in [5.41, 5.74) is -1.01. The first kappa shape index (κ1) is 22.2. The number of benzene rings is 1. The predicted molar refractivity (Wildman–Crippen MR) is 103 cm³/mol. The number of nitrogens with zero attached hydrogens (tertiary/aromatic N) is 3. The molecular formula is C17H19ClFN5O5. The number of nitrogens with one attached hydrogen (secondary N) is 2. The molecule has 156 valence electrons. The Morgan fingerprint density at radius 3 is 2.76 bits per heavy atom. The van der Waals surface area contributed by atoms with E-state index < -0.39 is 39.5 Å². The number of anilines is 1. The highest BCUT2D eigenvalue weighted by Gasteiger charge is 2.39. The number of hydrogen-bond acceptors (Lipinski definition) is 7. The molecule has 1 aromatic heterocycles. The average Bonchev–Trinajstić information content (AvgIpc) is 3.13. The van der Waals surface area contributed by atoms with Crippen LogP contribution < -0.4 is 10.6 Å². The molecule has 0 bridgehead atoms. The van der Waals surface area contributed by atoms with Gasteiger partial charge < -0.3 is 15.4 Å². The van der Waals surface area contributed by atoms with Gasteiger partial charge in [0.1, 0.15) is 5.82 Å². The Balaban J connectivity index is 0.00000300. The van der Waals surface area contributed by atoms with Gasteiger partial charge >= 0.3 is 6.09 Å². The van der Waals surface area contributed by atoms with Crippen LogP contribution in [0, 0.1) is 15.9 Å². The minimum Gasteiger partial charge on any atom is -0.448 e. The van der Waals surface area contributed by atoms with Crippen LogP contribution in [0.5, 0.6) is 0 Å². The summed E-state index contributed by atoms with van der Waals surface area (Å²) >= 11 is 0. The van der Waals surface area contributed by atoms with E-state index in [1.54, 1.807) is 6.92 Å². The monoisotopic (exact) mass is 427 g/mol. The van der Waals surface area contributed by atoms with Gasteiger partial charge in [0.2, 0.25) is 0 Å². The van der Waals surface area contributed by atoms with Crippen molar-refractivity contribution in [2.75, 3.05) is 11.9 Å². The fraction of sp³-hybridized carbons (Fsp3) is 0.353. The lowest BCUT2D eigenvalue weighted by atomic mass is 10.0. The molecule has 12 heteroatoms. The SMILES string of the molecule is CCOC(=O)n1nc(NC(=O)c2c(F)cccc2[N+](=O)[O-])c2c1C(C)(C)NC2.Cl. The molecule has 0 radical (unpaired) electrons. The lowest BCUT2D eigenvalue weighted by molar-refractivity contribution is -0.385. The van der Waals surface area contributed by atoms with E-state index >= 15 is 0 Å². The first-order chi connectivity index (χ1) is 13.2. The van der Waals surface area contributed by atoms with Crippen LogP contribution in [0.1, 0.15) is 42.4 Å². The van der Waals surface area contributed by atoms with Crippen LogP contribution in [-0.4, -0.2) is 33.3 Å². The summed E-state index contributed by atoms with van der Waals surface area (Å²) in [5, 5.41) is 20.8. The Morgan fingerprint density at radius 1 is 1.45 bits per heavy atom. The minimum absolute atomic E-state index is 0. The van der Waals surface area contributed by atoms with Gasteiger partial charge in [0.25, 0.3) is 11.6 Å².